The van der Waals surface area contributed by atoms with Crippen molar-refractivity contribution < 1.29 is 9.53 Å². The predicted octanol–water partition coefficient (Wildman–Crippen LogP) is 2.67. The molecule has 1 aromatic carbocycles. The number of hydrogen-bond donors (Lipinski definition) is 1. The van der Waals surface area contributed by atoms with Crippen molar-refractivity contribution in [2.45, 2.75) is 31.7 Å². The molecule has 1 amide bonds. The van der Waals surface area contributed by atoms with Crippen LogP contribution in [0.25, 0.3) is 11.3 Å². The minimum atomic E-state index is -0.834. The first-order valence-electron chi connectivity index (χ1n) is 9.59. The van der Waals surface area contributed by atoms with Crippen LogP contribution in [0.2, 0.25) is 0 Å². The Labute approximate surface area is 159 Å². The number of carbonyl (C=O) groups excluding carboxylic acids is 1. The number of primary amides is 1. The summed E-state index contributed by atoms with van der Waals surface area (Å²) >= 11 is 0. The highest BCUT2D eigenvalue weighted by atomic mass is 16.5. The number of piperazine rings is 1. The van der Waals surface area contributed by atoms with Gasteiger partial charge in [-0.3, -0.25) is 4.90 Å². The minimum Gasteiger partial charge on any atom is -0.410 e. The molecule has 2 aromatic rings. The Balaban J connectivity index is 1.50. The van der Waals surface area contributed by atoms with Crippen LogP contribution in [0.1, 0.15) is 25.7 Å². The molecule has 2 fully saturated rings. The van der Waals surface area contributed by atoms with Crippen LogP contribution in [0.15, 0.2) is 36.5 Å². The van der Waals surface area contributed by atoms with Crippen LogP contribution in [0.4, 0.5) is 10.7 Å². The second-order valence-electron chi connectivity index (χ2n) is 7.12. The molecule has 2 heterocycles. The third-order valence-corrected chi connectivity index (χ3v) is 5.45. The molecule has 0 spiro atoms. The number of para-hydroxylation sites is 1. The summed E-state index contributed by atoms with van der Waals surface area (Å²) in [7, 11) is 0. The van der Waals surface area contributed by atoms with Crippen molar-refractivity contribution in [3.63, 3.8) is 0 Å². The number of ether oxygens (including phenoxy) is 1. The third-order valence-electron chi connectivity index (χ3n) is 5.45. The number of amides is 1. The number of nitrogens with zero attached hydrogens (tertiary/aromatic N) is 4. The highest BCUT2D eigenvalue weighted by molar-refractivity contribution is 5.74. The number of anilines is 1. The van der Waals surface area contributed by atoms with Crippen molar-refractivity contribution in [2.24, 2.45) is 5.73 Å². The number of aromatic nitrogens is 2. The van der Waals surface area contributed by atoms with Crippen LogP contribution in [0.5, 0.6) is 5.75 Å². The summed E-state index contributed by atoms with van der Waals surface area (Å²) < 4.78 is 5.11. The predicted molar refractivity (Wildman–Crippen MR) is 104 cm³/mol. The summed E-state index contributed by atoms with van der Waals surface area (Å²) in [5.41, 5.74) is 6.62. The van der Waals surface area contributed by atoms with Gasteiger partial charge in [0.25, 0.3) is 0 Å². The zero-order chi connectivity index (χ0) is 18.6. The second kappa shape index (κ2) is 7.92. The molecule has 1 aromatic heterocycles. The summed E-state index contributed by atoms with van der Waals surface area (Å²) in [6, 6.07) is 9.83. The van der Waals surface area contributed by atoms with Gasteiger partial charge in [0.15, 0.2) is 0 Å². The van der Waals surface area contributed by atoms with Gasteiger partial charge in [-0.1, -0.05) is 25.0 Å². The second-order valence-corrected chi connectivity index (χ2v) is 7.12. The quantitative estimate of drug-likeness (QED) is 0.894. The fourth-order valence-electron chi connectivity index (χ4n) is 4.08. The van der Waals surface area contributed by atoms with E-state index in [-0.39, 0.29) is 0 Å². The number of hydrogen-bond acceptors (Lipinski definition) is 6. The Kier molecular flexibility index (Phi) is 5.20. The maximum absolute atomic E-state index is 11.2. The SMILES string of the molecule is NC(=O)Oc1ccccc1-c1ccnc(N2CCN(C3CCCC3)CC2)n1. The van der Waals surface area contributed by atoms with Gasteiger partial charge in [0, 0.05) is 44.0 Å². The highest BCUT2D eigenvalue weighted by Gasteiger charge is 2.27. The van der Waals surface area contributed by atoms with Crippen molar-refractivity contribution in [1.29, 1.82) is 0 Å². The van der Waals surface area contributed by atoms with E-state index >= 15 is 0 Å². The molecule has 2 N–H and O–H groups in total. The largest absolute Gasteiger partial charge is 0.410 e. The lowest BCUT2D eigenvalue weighted by Gasteiger charge is -2.38. The molecule has 7 nitrogen and oxygen atoms in total. The van der Waals surface area contributed by atoms with Crippen molar-refractivity contribution in [3.05, 3.63) is 36.5 Å². The molecule has 1 aliphatic heterocycles. The highest BCUT2D eigenvalue weighted by Crippen LogP contribution is 2.30. The number of rotatable bonds is 4. The van der Waals surface area contributed by atoms with Gasteiger partial charge >= 0.3 is 6.09 Å². The van der Waals surface area contributed by atoms with E-state index in [1.165, 1.54) is 25.7 Å². The van der Waals surface area contributed by atoms with Gasteiger partial charge in [-0.15, -0.1) is 0 Å². The van der Waals surface area contributed by atoms with Gasteiger partial charge in [0.2, 0.25) is 5.95 Å². The lowest BCUT2D eigenvalue weighted by molar-refractivity contribution is 0.187. The molecule has 142 valence electrons. The van der Waals surface area contributed by atoms with Gasteiger partial charge in [0.1, 0.15) is 5.75 Å². The molecule has 4 rings (SSSR count). The standard InChI is InChI=1S/C20H25N5O2/c21-19(26)27-18-8-4-3-7-16(18)17-9-10-22-20(23-17)25-13-11-24(12-14-25)15-5-1-2-6-15/h3-4,7-10,15H,1-2,5-6,11-14H2,(H2,21,26). The lowest BCUT2D eigenvalue weighted by Crippen LogP contribution is -2.50. The maximum atomic E-state index is 11.2. The van der Waals surface area contributed by atoms with Gasteiger partial charge < -0.3 is 15.4 Å². The van der Waals surface area contributed by atoms with Crippen LogP contribution in [0, 0.1) is 0 Å². The molecule has 1 saturated carbocycles. The van der Waals surface area contributed by atoms with E-state index in [0.29, 0.717) is 11.7 Å². The average Bonchev–Trinajstić information content (AvgIpc) is 3.23. The molecular formula is C20H25N5O2. The minimum absolute atomic E-state index is 0.403. The van der Waals surface area contributed by atoms with Crippen LogP contribution in [-0.2, 0) is 0 Å². The summed E-state index contributed by atoms with van der Waals surface area (Å²) in [4.78, 5) is 25.2. The molecule has 7 heteroatoms. The molecular weight excluding hydrogens is 342 g/mol. The molecule has 2 aliphatic rings. The van der Waals surface area contributed by atoms with E-state index in [0.717, 1.165) is 43.5 Å². The van der Waals surface area contributed by atoms with Crippen LogP contribution in [0.3, 0.4) is 0 Å². The Hall–Kier alpha value is -2.67. The van der Waals surface area contributed by atoms with Crippen LogP contribution in [-0.4, -0.2) is 53.2 Å². The summed E-state index contributed by atoms with van der Waals surface area (Å²) in [5.74, 6) is 1.12. The number of nitrogens with two attached hydrogens (primary N) is 1. The molecule has 0 atom stereocenters. The first-order chi connectivity index (χ1) is 13.2. The third kappa shape index (κ3) is 4.03. The monoisotopic (exact) mass is 367 g/mol. The van der Waals surface area contributed by atoms with E-state index in [1.54, 1.807) is 18.3 Å². The van der Waals surface area contributed by atoms with Crippen LogP contribution < -0.4 is 15.4 Å². The van der Waals surface area contributed by atoms with E-state index in [4.69, 9.17) is 15.5 Å². The normalized spacial score (nSPS) is 18.6. The van der Waals surface area contributed by atoms with Gasteiger partial charge in [0.05, 0.1) is 5.69 Å². The maximum Gasteiger partial charge on any atom is 0.409 e. The van der Waals surface area contributed by atoms with Crippen LogP contribution >= 0.6 is 0 Å². The Morgan fingerprint density at radius 3 is 2.56 bits per heavy atom. The van der Waals surface area contributed by atoms with Crippen molar-refractivity contribution in [3.8, 4) is 17.0 Å². The van der Waals surface area contributed by atoms with E-state index in [2.05, 4.69) is 14.8 Å². The Bertz CT molecular complexity index is 798. The zero-order valence-electron chi connectivity index (χ0n) is 15.4. The first-order valence-corrected chi connectivity index (χ1v) is 9.59. The summed E-state index contributed by atoms with van der Waals surface area (Å²) in [6.45, 7) is 3.97. The van der Waals surface area contributed by atoms with Gasteiger partial charge in [-0.25, -0.2) is 14.8 Å². The van der Waals surface area contributed by atoms with E-state index in [1.807, 2.05) is 18.2 Å². The fourth-order valence-corrected chi connectivity index (χ4v) is 4.08. The van der Waals surface area contributed by atoms with Gasteiger partial charge in [-0.05, 0) is 31.0 Å². The fraction of sp³-hybridized carbons (Fsp3) is 0.450. The topological polar surface area (TPSA) is 84.6 Å². The van der Waals surface area contributed by atoms with E-state index < -0.39 is 6.09 Å². The molecule has 1 aliphatic carbocycles. The first kappa shape index (κ1) is 17.7. The zero-order valence-corrected chi connectivity index (χ0v) is 15.4. The Morgan fingerprint density at radius 1 is 1.07 bits per heavy atom. The molecule has 0 bridgehead atoms. The van der Waals surface area contributed by atoms with Gasteiger partial charge in [-0.2, -0.15) is 0 Å². The molecule has 1 saturated heterocycles. The average molecular weight is 367 g/mol. The molecule has 0 radical (unpaired) electrons. The molecule has 27 heavy (non-hydrogen) atoms. The smallest absolute Gasteiger partial charge is 0.409 e. The summed E-state index contributed by atoms with van der Waals surface area (Å²) in [5, 5.41) is 0. The van der Waals surface area contributed by atoms with E-state index in [9.17, 15) is 4.79 Å². The van der Waals surface area contributed by atoms with Crippen molar-refractivity contribution in [1.82, 2.24) is 14.9 Å². The summed E-state index contributed by atoms with van der Waals surface area (Å²) in [6.07, 6.45) is 6.32. The molecule has 0 unspecified atom stereocenters. The van der Waals surface area contributed by atoms with Crippen molar-refractivity contribution in [2.75, 3.05) is 31.1 Å². The lowest BCUT2D eigenvalue weighted by atomic mass is 10.1. The number of benzene rings is 1. The Morgan fingerprint density at radius 2 is 1.81 bits per heavy atom. The van der Waals surface area contributed by atoms with Crippen molar-refractivity contribution >= 4 is 12.0 Å². The number of carbonyl (C=O) groups is 1.